The molecule has 0 saturated carbocycles. The number of nitrogens with one attached hydrogen (secondary N) is 1. The van der Waals surface area contributed by atoms with Crippen LogP contribution in [-0.2, 0) is 0 Å². The summed E-state index contributed by atoms with van der Waals surface area (Å²) in [4.78, 5) is 16.9. The van der Waals surface area contributed by atoms with Crippen molar-refractivity contribution < 1.29 is 9.53 Å². The number of hydrogen-bond acceptors (Lipinski definition) is 3. The number of ether oxygens (including phenoxy) is 1. The van der Waals surface area contributed by atoms with E-state index in [-0.39, 0.29) is 5.91 Å². The van der Waals surface area contributed by atoms with Crippen LogP contribution < -0.4 is 10.1 Å². The van der Waals surface area contributed by atoms with Gasteiger partial charge in [-0.25, -0.2) is 4.98 Å². The highest BCUT2D eigenvalue weighted by atomic mass is 127. The first-order chi connectivity index (χ1) is 11.1. The van der Waals surface area contributed by atoms with E-state index in [0.29, 0.717) is 17.1 Å². The van der Waals surface area contributed by atoms with Gasteiger partial charge in [0.2, 0.25) is 0 Å². The molecule has 0 aliphatic heterocycles. The first-order valence-electron chi connectivity index (χ1n) is 7.09. The van der Waals surface area contributed by atoms with E-state index in [1.54, 1.807) is 13.3 Å². The number of carbonyl (C=O) groups is 1. The van der Waals surface area contributed by atoms with Gasteiger partial charge in [0.05, 0.1) is 12.7 Å². The number of anilines is 1. The van der Waals surface area contributed by atoms with E-state index < -0.39 is 0 Å². The number of aromatic nitrogens is 1. The van der Waals surface area contributed by atoms with Crippen LogP contribution in [0.5, 0.6) is 5.75 Å². The Morgan fingerprint density at radius 3 is 2.52 bits per heavy atom. The Labute approximate surface area is 148 Å². The Bertz CT molecular complexity index is 893. The van der Waals surface area contributed by atoms with Gasteiger partial charge in [-0.2, -0.15) is 0 Å². The monoisotopic (exact) mass is 418 g/mol. The molecule has 0 unspecified atom stereocenters. The van der Waals surface area contributed by atoms with Crippen molar-refractivity contribution in [3.63, 3.8) is 0 Å². The van der Waals surface area contributed by atoms with Gasteiger partial charge in [0.15, 0.2) is 0 Å². The van der Waals surface area contributed by atoms with Gasteiger partial charge in [-0.1, -0.05) is 24.3 Å². The number of halogens is 1. The molecule has 0 bridgehead atoms. The minimum atomic E-state index is -0.232. The predicted octanol–water partition coefficient (Wildman–Crippen LogP) is 4.41. The fourth-order valence-electron chi connectivity index (χ4n) is 2.41. The smallest absolute Gasteiger partial charge is 0.260 e. The molecule has 0 aliphatic carbocycles. The molecule has 1 N–H and O–H groups in total. The van der Waals surface area contributed by atoms with Crippen molar-refractivity contribution in [1.82, 2.24) is 4.98 Å². The van der Waals surface area contributed by atoms with Crippen molar-refractivity contribution in [2.75, 3.05) is 12.4 Å². The first kappa shape index (κ1) is 15.7. The fraction of sp³-hybridized carbons (Fsp3) is 0.111. The molecule has 4 nitrogen and oxygen atoms in total. The van der Waals surface area contributed by atoms with Crippen molar-refractivity contribution >= 4 is 45.1 Å². The summed E-state index contributed by atoms with van der Waals surface area (Å²) in [6.45, 7) is 1.92. The Morgan fingerprint density at radius 1 is 1.17 bits per heavy atom. The van der Waals surface area contributed by atoms with Crippen LogP contribution in [0, 0.1) is 10.5 Å². The van der Waals surface area contributed by atoms with Gasteiger partial charge < -0.3 is 10.1 Å². The topological polar surface area (TPSA) is 51.2 Å². The largest absolute Gasteiger partial charge is 0.496 e. The average molecular weight is 418 g/mol. The van der Waals surface area contributed by atoms with Gasteiger partial charge in [-0.15, -0.1) is 0 Å². The molecule has 0 fully saturated rings. The number of fused-ring (bicyclic) bond motifs is 1. The number of carbonyl (C=O) groups excluding carboxylic acids is 1. The van der Waals surface area contributed by atoms with Gasteiger partial charge in [-0.3, -0.25) is 4.79 Å². The van der Waals surface area contributed by atoms with Gasteiger partial charge in [0.25, 0.3) is 5.91 Å². The standard InChI is InChI=1S/C18H15IN2O2/c1-11-7-14(19)10-20-17(11)21-18(22)15-8-12-5-3-4-6-13(12)9-16(15)23-2/h3-10H,1-2H3,(H,20,21,22). The lowest BCUT2D eigenvalue weighted by Crippen LogP contribution is -2.15. The SMILES string of the molecule is COc1cc2ccccc2cc1C(=O)Nc1ncc(I)cc1C. The number of hydrogen-bond donors (Lipinski definition) is 1. The minimum absolute atomic E-state index is 0.232. The molecule has 0 aliphatic rings. The zero-order chi connectivity index (χ0) is 16.4. The van der Waals surface area contributed by atoms with E-state index in [0.717, 1.165) is 19.9 Å². The van der Waals surface area contributed by atoms with Crippen molar-refractivity contribution in [1.29, 1.82) is 0 Å². The maximum atomic E-state index is 12.6. The lowest BCUT2D eigenvalue weighted by atomic mass is 10.1. The Morgan fingerprint density at radius 2 is 1.87 bits per heavy atom. The second kappa shape index (κ2) is 6.54. The summed E-state index contributed by atoms with van der Waals surface area (Å²) in [5, 5.41) is 4.88. The Hall–Kier alpha value is -2.15. The second-order valence-corrected chi connectivity index (χ2v) is 6.42. The van der Waals surface area contributed by atoms with Crippen LogP contribution in [0.15, 0.2) is 48.7 Å². The van der Waals surface area contributed by atoms with Crippen LogP contribution in [0.4, 0.5) is 5.82 Å². The number of aryl methyl sites for hydroxylation is 1. The van der Waals surface area contributed by atoms with E-state index in [1.807, 2.05) is 49.4 Å². The highest BCUT2D eigenvalue weighted by Gasteiger charge is 2.15. The molecule has 0 atom stereocenters. The molecular weight excluding hydrogens is 403 g/mol. The van der Waals surface area contributed by atoms with Crippen LogP contribution in [0.25, 0.3) is 10.8 Å². The van der Waals surface area contributed by atoms with E-state index in [4.69, 9.17) is 4.74 Å². The van der Waals surface area contributed by atoms with E-state index >= 15 is 0 Å². The number of methoxy groups -OCH3 is 1. The van der Waals surface area contributed by atoms with Crippen LogP contribution in [0.2, 0.25) is 0 Å². The zero-order valence-electron chi connectivity index (χ0n) is 12.8. The molecule has 3 aromatic rings. The lowest BCUT2D eigenvalue weighted by molar-refractivity contribution is 0.102. The number of nitrogens with zero attached hydrogens (tertiary/aromatic N) is 1. The van der Waals surface area contributed by atoms with E-state index in [1.165, 1.54) is 0 Å². The molecule has 1 amide bonds. The molecule has 2 aromatic carbocycles. The summed E-state index contributed by atoms with van der Waals surface area (Å²) in [5.74, 6) is 0.874. The summed E-state index contributed by atoms with van der Waals surface area (Å²) in [6, 6.07) is 13.6. The third-order valence-electron chi connectivity index (χ3n) is 3.59. The number of amides is 1. The molecular formula is C18H15IN2O2. The molecule has 23 heavy (non-hydrogen) atoms. The van der Waals surface area contributed by atoms with Crippen LogP contribution in [0.1, 0.15) is 15.9 Å². The number of rotatable bonds is 3. The van der Waals surface area contributed by atoms with E-state index in [9.17, 15) is 4.79 Å². The fourth-order valence-corrected chi connectivity index (χ4v) is 3.02. The van der Waals surface area contributed by atoms with Crippen LogP contribution >= 0.6 is 22.6 Å². The first-order valence-corrected chi connectivity index (χ1v) is 8.16. The summed E-state index contributed by atoms with van der Waals surface area (Å²) < 4.78 is 6.41. The predicted molar refractivity (Wildman–Crippen MR) is 100 cm³/mol. The van der Waals surface area contributed by atoms with Crippen molar-refractivity contribution in [3.05, 3.63) is 63.4 Å². The third kappa shape index (κ3) is 3.29. The summed E-state index contributed by atoms with van der Waals surface area (Å²) in [5.41, 5.74) is 1.41. The number of benzene rings is 2. The van der Waals surface area contributed by atoms with Crippen molar-refractivity contribution in [2.45, 2.75) is 6.92 Å². The molecule has 3 rings (SSSR count). The minimum Gasteiger partial charge on any atom is -0.496 e. The second-order valence-electron chi connectivity index (χ2n) is 5.17. The van der Waals surface area contributed by atoms with Gasteiger partial charge in [0, 0.05) is 9.77 Å². The van der Waals surface area contributed by atoms with Gasteiger partial charge >= 0.3 is 0 Å². The Balaban J connectivity index is 1.99. The van der Waals surface area contributed by atoms with Crippen LogP contribution in [0.3, 0.4) is 0 Å². The molecule has 5 heteroatoms. The normalized spacial score (nSPS) is 10.6. The van der Waals surface area contributed by atoms with Crippen molar-refractivity contribution in [3.8, 4) is 5.75 Å². The van der Waals surface area contributed by atoms with Gasteiger partial charge in [0.1, 0.15) is 11.6 Å². The maximum Gasteiger partial charge on any atom is 0.260 e. The molecule has 116 valence electrons. The highest BCUT2D eigenvalue weighted by molar-refractivity contribution is 14.1. The van der Waals surface area contributed by atoms with Crippen LogP contribution in [-0.4, -0.2) is 18.0 Å². The van der Waals surface area contributed by atoms with E-state index in [2.05, 4.69) is 32.9 Å². The summed E-state index contributed by atoms with van der Waals surface area (Å²) in [7, 11) is 1.56. The molecule has 0 spiro atoms. The maximum absolute atomic E-state index is 12.6. The summed E-state index contributed by atoms with van der Waals surface area (Å²) in [6.07, 6.45) is 1.72. The zero-order valence-corrected chi connectivity index (χ0v) is 14.9. The molecule has 0 saturated heterocycles. The molecule has 1 aromatic heterocycles. The average Bonchev–Trinajstić information content (AvgIpc) is 2.56. The molecule has 1 heterocycles. The highest BCUT2D eigenvalue weighted by Crippen LogP contribution is 2.27. The molecule has 0 radical (unpaired) electrons. The lowest BCUT2D eigenvalue weighted by Gasteiger charge is -2.12. The van der Waals surface area contributed by atoms with Gasteiger partial charge in [-0.05, 0) is 64.0 Å². The number of pyridine rings is 1. The quantitative estimate of drug-likeness (QED) is 0.642. The Kier molecular flexibility index (Phi) is 4.47. The van der Waals surface area contributed by atoms with Crippen molar-refractivity contribution in [2.24, 2.45) is 0 Å². The summed E-state index contributed by atoms with van der Waals surface area (Å²) >= 11 is 2.19. The third-order valence-corrected chi connectivity index (χ3v) is 4.18.